The third kappa shape index (κ3) is 4.78. The Labute approximate surface area is 186 Å². The summed E-state index contributed by atoms with van der Waals surface area (Å²) >= 11 is 0. The highest BCUT2D eigenvalue weighted by molar-refractivity contribution is 5.94. The zero-order chi connectivity index (χ0) is 22.5. The van der Waals surface area contributed by atoms with Crippen LogP contribution in [0.1, 0.15) is 27.2 Å². The first kappa shape index (κ1) is 21.1. The quantitative estimate of drug-likeness (QED) is 0.465. The van der Waals surface area contributed by atoms with E-state index in [1.165, 1.54) is 7.11 Å². The average Bonchev–Trinajstić information content (AvgIpc) is 3.26. The third-order valence-corrected chi connectivity index (χ3v) is 4.95. The molecular formula is C25H24N4O3. The summed E-state index contributed by atoms with van der Waals surface area (Å²) < 4.78 is 12.8. The number of aromatic nitrogens is 3. The second kappa shape index (κ2) is 9.34. The van der Waals surface area contributed by atoms with Crippen LogP contribution in [0.2, 0.25) is 0 Å². The minimum atomic E-state index is -0.327. The number of ether oxygens (including phenoxy) is 2. The first-order valence-electron chi connectivity index (χ1n) is 10.2. The van der Waals surface area contributed by atoms with Crippen molar-refractivity contribution in [2.24, 2.45) is 0 Å². The zero-order valence-corrected chi connectivity index (χ0v) is 18.2. The second-order valence-corrected chi connectivity index (χ2v) is 7.38. The van der Waals surface area contributed by atoms with Crippen molar-refractivity contribution in [1.82, 2.24) is 20.1 Å². The molecule has 162 valence electrons. The topological polar surface area (TPSA) is 78.3 Å². The fourth-order valence-electron chi connectivity index (χ4n) is 3.15. The van der Waals surface area contributed by atoms with E-state index >= 15 is 0 Å². The summed E-state index contributed by atoms with van der Waals surface area (Å²) in [6.07, 6.45) is 3.37. The highest BCUT2D eigenvalue weighted by atomic mass is 16.5. The number of nitrogens with one attached hydrogen (secondary N) is 1. The third-order valence-electron chi connectivity index (χ3n) is 4.95. The van der Waals surface area contributed by atoms with Gasteiger partial charge in [-0.2, -0.15) is 5.10 Å². The van der Waals surface area contributed by atoms with Gasteiger partial charge in [0, 0.05) is 18.8 Å². The molecule has 32 heavy (non-hydrogen) atoms. The van der Waals surface area contributed by atoms with Crippen molar-refractivity contribution in [2.45, 2.75) is 20.4 Å². The molecule has 4 rings (SSSR count). The van der Waals surface area contributed by atoms with Gasteiger partial charge in [-0.15, -0.1) is 0 Å². The minimum Gasteiger partial charge on any atom is -0.493 e. The number of benzene rings is 2. The molecule has 0 aliphatic rings. The molecule has 2 aromatic carbocycles. The van der Waals surface area contributed by atoms with Gasteiger partial charge in [-0.25, -0.2) is 9.67 Å². The van der Waals surface area contributed by atoms with E-state index in [1.54, 1.807) is 23.1 Å². The molecule has 4 aromatic rings. The van der Waals surface area contributed by atoms with E-state index in [2.05, 4.69) is 15.4 Å². The number of amides is 1. The van der Waals surface area contributed by atoms with Crippen LogP contribution < -0.4 is 14.8 Å². The summed E-state index contributed by atoms with van der Waals surface area (Å²) in [6, 6.07) is 19.2. The number of pyridine rings is 1. The Bertz CT molecular complexity index is 1220. The number of carbonyl (C=O) groups excluding carboxylic acids is 1. The summed E-state index contributed by atoms with van der Waals surface area (Å²) in [6.45, 7) is 4.31. The molecule has 0 saturated carbocycles. The van der Waals surface area contributed by atoms with Gasteiger partial charge in [0.05, 0.1) is 19.0 Å². The fourth-order valence-corrected chi connectivity index (χ4v) is 3.15. The molecule has 0 saturated heterocycles. The van der Waals surface area contributed by atoms with E-state index < -0.39 is 0 Å². The molecule has 0 unspecified atom stereocenters. The molecule has 1 N–H and O–H groups in total. The molecule has 2 aromatic heterocycles. The van der Waals surface area contributed by atoms with Gasteiger partial charge in [-0.05, 0) is 48.7 Å². The van der Waals surface area contributed by atoms with E-state index in [1.807, 2.05) is 68.4 Å². The van der Waals surface area contributed by atoms with Crippen LogP contribution in [0.25, 0.3) is 5.69 Å². The standard InChI is InChI=1S/C25H24N4O3/c1-17-9-10-18(2)21(13-17)32-23-12-11-19(14-26-23)15-27-25(30)24-22(31-3)16-29(28-24)20-7-5-4-6-8-20/h4-14,16H,15H2,1-3H3,(H,27,30). The van der Waals surface area contributed by atoms with Crippen LogP contribution in [-0.4, -0.2) is 27.8 Å². The summed E-state index contributed by atoms with van der Waals surface area (Å²) in [5, 5.41) is 7.25. The van der Waals surface area contributed by atoms with E-state index in [9.17, 15) is 4.79 Å². The lowest BCUT2D eigenvalue weighted by atomic mass is 10.1. The van der Waals surface area contributed by atoms with Crippen molar-refractivity contribution in [3.8, 4) is 23.1 Å². The molecule has 0 atom stereocenters. The van der Waals surface area contributed by atoms with Crippen molar-refractivity contribution >= 4 is 5.91 Å². The maximum absolute atomic E-state index is 12.7. The lowest BCUT2D eigenvalue weighted by molar-refractivity contribution is 0.0942. The highest BCUT2D eigenvalue weighted by Crippen LogP contribution is 2.25. The molecule has 0 aliphatic carbocycles. The maximum Gasteiger partial charge on any atom is 0.275 e. The molecule has 0 spiro atoms. The van der Waals surface area contributed by atoms with Crippen LogP contribution in [0.4, 0.5) is 0 Å². The van der Waals surface area contributed by atoms with Gasteiger partial charge in [0.1, 0.15) is 5.75 Å². The number of aryl methyl sites for hydroxylation is 2. The van der Waals surface area contributed by atoms with Gasteiger partial charge in [-0.3, -0.25) is 4.79 Å². The summed E-state index contributed by atoms with van der Waals surface area (Å²) in [5.74, 6) is 1.35. The van der Waals surface area contributed by atoms with E-state index in [4.69, 9.17) is 9.47 Å². The van der Waals surface area contributed by atoms with Gasteiger partial charge >= 0.3 is 0 Å². The normalized spacial score (nSPS) is 10.6. The van der Waals surface area contributed by atoms with Crippen molar-refractivity contribution in [1.29, 1.82) is 0 Å². The number of para-hydroxylation sites is 1. The number of rotatable bonds is 7. The van der Waals surface area contributed by atoms with Crippen LogP contribution in [0.3, 0.4) is 0 Å². The van der Waals surface area contributed by atoms with E-state index in [0.717, 1.165) is 28.1 Å². The molecule has 7 heteroatoms. The fraction of sp³-hybridized carbons (Fsp3) is 0.160. The van der Waals surface area contributed by atoms with Crippen molar-refractivity contribution in [2.75, 3.05) is 7.11 Å². The molecule has 7 nitrogen and oxygen atoms in total. The number of nitrogens with zero attached hydrogens (tertiary/aromatic N) is 3. The smallest absolute Gasteiger partial charge is 0.275 e. The molecular weight excluding hydrogens is 404 g/mol. The lowest BCUT2D eigenvalue weighted by Gasteiger charge is -2.09. The van der Waals surface area contributed by atoms with Gasteiger partial charge in [0.2, 0.25) is 5.88 Å². The molecule has 2 heterocycles. The predicted octanol–water partition coefficient (Wildman–Crippen LogP) is 4.62. The van der Waals surface area contributed by atoms with Crippen LogP contribution in [0, 0.1) is 13.8 Å². The Morgan fingerprint density at radius 1 is 1.03 bits per heavy atom. The zero-order valence-electron chi connectivity index (χ0n) is 18.2. The summed E-state index contributed by atoms with van der Waals surface area (Å²) in [7, 11) is 1.52. The number of carbonyl (C=O) groups is 1. The monoisotopic (exact) mass is 428 g/mol. The molecule has 0 fully saturated rings. The van der Waals surface area contributed by atoms with Crippen LogP contribution in [0.15, 0.2) is 73.1 Å². The number of hydrogen-bond donors (Lipinski definition) is 1. The Morgan fingerprint density at radius 2 is 1.84 bits per heavy atom. The van der Waals surface area contributed by atoms with Crippen molar-refractivity contribution < 1.29 is 14.3 Å². The summed E-state index contributed by atoms with van der Waals surface area (Å²) in [5.41, 5.74) is 4.06. The Morgan fingerprint density at radius 3 is 2.56 bits per heavy atom. The van der Waals surface area contributed by atoms with Gasteiger partial charge < -0.3 is 14.8 Å². The molecule has 0 radical (unpaired) electrons. The van der Waals surface area contributed by atoms with Crippen LogP contribution in [-0.2, 0) is 6.54 Å². The SMILES string of the molecule is COc1cn(-c2ccccc2)nc1C(=O)NCc1ccc(Oc2cc(C)ccc2C)nc1. The van der Waals surface area contributed by atoms with Crippen LogP contribution >= 0.6 is 0 Å². The minimum absolute atomic E-state index is 0.221. The lowest BCUT2D eigenvalue weighted by Crippen LogP contribution is -2.24. The van der Waals surface area contributed by atoms with E-state index in [-0.39, 0.29) is 11.6 Å². The Kier molecular flexibility index (Phi) is 6.17. The molecule has 0 aliphatic heterocycles. The Balaban J connectivity index is 1.41. The predicted molar refractivity (Wildman–Crippen MR) is 122 cm³/mol. The van der Waals surface area contributed by atoms with Gasteiger partial charge in [-0.1, -0.05) is 36.4 Å². The molecule has 0 bridgehead atoms. The average molecular weight is 428 g/mol. The number of methoxy groups -OCH3 is 1. The largest absolute Gasteiger partial charge is 0.493 e. The number of hydrogen-bond acceptors (Lipinski definition) is 5. The van der Waals surface area contributed by atoms with Gasteiger partial charge in [0.15, 0.2) is 11.4 Å². The van der Waals surface area contributed by atoms with Gasteiger partial charge in [0.25, 0.3) is 5.91 Å². The maximum atomic E-state index is 12.7. The first-order valence-corrected chi connectivity index (χ1v) is 10.2. The van der Waals surface area contributed by atoms with Crippen LogP contribution in [0.5, 0.6) is 17.4 Å². The first-order chi connectivity index (χ1) is 15.5. The van der Waals surface area contributed by atoms with Crippen molar-refractivity contribution in [3.05, 3.63) is 95.4 Å². The second-order valence-electron chi connectivity index (χ2n) is 7.38. The van der Waals surface area contributed by atoms with Crippen molar-refractivity contribution in [3.63, 3.8) is 0 Å². The van der Waals surface area contributed by atoms with E-state index in [0.29, 0.717) is 18.2 Å². The molecule has 1 amide bonds. The summed E-state index contributed by atoms with van der Waals surface area (Å²) in [4.78, 5) is 17.1. The Hall–Kier alpha value is -4.13. The highest BCUT2D eigenvalue weighted by Gasteiger charge is 2.18.